The number of halogens is 3. The van der Waals surface area contributed by atoms with E-state index in [4.69, 9.17) is 11.6 Å². The molecule has 0 unspecified atom stereocenters. The minimum absolute atomic E-state index is 0.429. The zero-order valence-electron chi connectivity index (χ0n) is 10.7. The Balaban J connectivity index is 2.11. The molecule has 2 nitrogen and oxygen atoms in total. The maximum absolute atomic E-state index is 6.15. The molecule has 0 fully saturated rings. The molecule has 104 valence electrons. The number of rotatable bonds is 2. The highest BCUT2D eigenvalue weighted by Crippen LogP contribution is 2.29. The van der Waals surface area contributed by atoms with Crippen molar-refractivity contribution in [3.63, 3.8) is 0 Å². The second-order valence-electron chi connectivity index (χ2n) is 4.39. The van der Waals surface area contributed by atoms with Crippen LogP contribution < -0.4 is 0 Å². The maximum Gasteiger partial charge on any atom is 0.161 e. The minimum atomic E-state index is 0.429. The van der Waals surface area contributed by atoms with Crippen LogP contribution >= 0.6 is 43.5 Å². The van der Waals surface area contributed by atoms with Crippen LogP contribution in [0.4, 0.5) is 0 Å². The second kappa shape index (κ2) is 6.26. The molecule has 3 aromatic rings. The molecule has 1 aromatic heterocycles. The largest absolute Gasteiger partial charge is 0.228 e. The van der Waals surface area contributed by atoms with Crippen molar-refractivity contribution in [1.82, 2.24) is 9.97 Å². The van der Waals surface area contributed by atoms with Crippen LogP contribution in [0.5, 0.6) is 0 Å². The maximum atomic E-state index is 6.15. The summed E-state index contributed by atoms with van der Waals surface area (Å²) in [6.45, 7) is 0. The fraction of sp³-hybridized carbons (Fsp3) is 0. The molecule has 0 N–H and O–H groups in total. The van der Waals surface area contributed by atoms with Gasteiger partial charge in [-0.2, -0.15) is 0 Å². The van der Waals surface area contributed by atoms with E-state index in [9.17, 15) is 0 Å². The molecule has 0 saturated carbocycles. The van der Waals surface area contributed by atoms with Crippen molar-refractivity contribution in [2.24, 2.45) is 0 Å². The van der Waals surface area contributed by atoms with Crippen LogP contribution in [0.3, 0.4) is 0 Å². The van der Waals surface area contributed by atoms with Gasteiger partial charge in [0.1, 0.15) is 5.15 Å². The van der Waals surface area contributed by atoms with Crippen LogP contribution in [0.1, 0.15) is 0 Å². The molecule has 0 aliphatic heterocycles. The summed E-state index contributed by atoms with van der Waals surface area (Å²) < 4.78 is 1.93. The summed E-state index contributed by atoms with van der Waals surface area (Å²) in [6.07, 6.45) is 0. The molecule has 0 saturated heterocycles. The smallest absolute Gasteiger partial charge is 0.161 e. The summed E-state index contributed by atoms with van der Waals surface area (Å²) >= 11 is 13.1. The number of benzene rings is 2. The van der Waals surface area contributed by atoms with E-state index < -0.39 is 0 Å². The van der Waals surface area contributed by atoms with Crippen molar-refractivity contribution >= 4 is 43.5 Å². The van der Waals surface area contributed by atoms with Gasteiger partial charge in [-0.15, -0.1) is 0 Å². The van der Waals surface area contributed by atoms with E-state index in [1.807, 2.05) is 48.5 Å². The Labute approximate surface area is 144 Å². The van der Waals surface area contributed by atoms with Gasteiger partial charge in [0.15, 0.2) is 5.82 Å². The van der Waals surface area contributed by atoms with Crippen molar-refractivity contribution in [3.8, 4) is 22.6 Å². The Morgan fingerprint density at radius 2 is 1.52 bits per heavy atom. The summed E-state index contributed by atoms with van der Waals surface area (Å²) in [5.41, 5.74) is 2.73. The molecule has 21 heavy (non-hydrogen) atoms. The molecule has 1 heterocycles. The fourth-order valence-electron chi connectivity index (χ4n) is 1.94. The lowest BCUT2D eigenvalue weighted by Crippen LogP contribution is -1.93. The van der Waals surface area contributed by atoms with Gasteiger partial charge in [0.2, 0.25) is 0 Å². The molecule has 2 aromatic carbocycles. The standard InChI is InChI=1S/C16H9Br2ClN2/c17-12-7-6-11(8-13(12)18)16-20-14(9-15(19)21-16)10-4-2-1-3-5-10/h1-9H. The topological polar surface area (TPSA) is 25.8 Å². The third kappa shape index (κ3) is 3.34. The Kier molecular flexibility index (Phi) is 4.38. The Hall–Kier alpha value is -1.23. The molecule has 0 aliphatic carbocycles. The van der Waals surface area contributed by atoms with Crippen molar-refractivity contribution < 1.29 is 0 Å². The van der Waals surface area contributed by atoms with Crippen LogP contribution in [0.15, 0.2) is 63.5 Å². The van der Waals surface area contributed by atoms with Crippen molar-refractivity contribution in [2.45, 2.75) is 0 Å². The first kappa shape index (κ1) is 14.7. The highest BCUT2D eigenvalue weighted by molar-refractivity contribution is 9.13. The SMILES string of the molecule is Clc1cc(-c2ccccc2)nc(-c2ccc(Br)c(Br)c2)n1. The predicted octanol–water partition coefficient (Wildman–Crippen LogP) is 5.99. The molecular formula is C16H9Br2ClN2. The molecule has 0 atom stereocenters. The summed E-state index contributed by atoms with van der Waals surface area (Å²) in [5.74, 6) is 0.606. The van der Waals surface area contributed by atoms with Crippen LogP contribution in [-0.4, -0.2) is 9.97 Å². The fourth-order valence-corrected chi connectivity index (χ4v) is 2.75. The predicted molar refractivity (Wildman–Crippen MR) is 93.3 cm³/mol. The van der Waals surface area contributed by atoms with Gasteiger partial charge in [-0.3, -0.25) is 0 Å². The van der Waals surface area contributed by atoms with E-state index in [0.717, 1.165) is 25.8 Å². The number of hydrogen-bond donors (Lipinski definition) is 0. The zero-order valence-corrected chi connectivity index (χ0v) is 14.7. The quantitative estimate of drug-likeness (QED) is 0.472. The van der Waals surface area contributed by atoms with Gasteiger partial charge in [-0.1, -0.05) is 41.9 Å². The lowest BCUT2D eigenvalue weighted by molar-refractivity contribution is 1.18. The number of nitrogens with zero attached hydrogens (tertiary/aromatic N) is 2. The van der Waals surface area contributed by atoms with E-state index in [0.29, 0.717) is 11.0 Å². The highest BCUT2D eigenvalue weighted by atomic mass is 79.9. The van der Waals surface area contributed by atoms with Crippen LogP contribution in [0.25, 0.3) is 22.6 Å². The van der Waals surface area contributed by atoms with E-state index in [2.05, 4.69) is 41.8 Å². The Bertz CT molecular complexity index is 792. The zero-order chi connectivity index (χ0) is 14.8. The number of hydrogen-bond acceptors (Lipinski definition) is 2. The third-order valence-electron chi connectivity index (χ3n) is 2.94. The van der Waals surface area contributed by atoms with Gasteiger partial charge in [0.25, 0.3) is 0 Å². The van der Waals surface area contributed by atoms with E-state index in [1.54, 1.807) is 6.07 Å². The van der Waals surface area contributed by atoms with Crippen molar-refractivity contribution in [3.05, 3.63) is 68.7 Å². The molecule has 5 heteroatoms. The molecule has 0 aliphatic rings. The van der Waals surface area contributed by atoms with Gasteiger partial charge < -0.3 is 0 Å². The molecule has 0 amide bonds. The first-order chi connectivity index (χ1) is 10.1. The van der Waals surface area contributed by atoms with E-state index in [1.165, 1.54) is 0 Å². The van der Waals surface area contributed by atoms with Crippen LogP contribution in [0, 0.1) is 0 Å². The van der Waals surface area contributed by atoms with Gasteiger partial charge in [-0.05, 0) is 50.1 Å². The van der Waals surface area contributed by atoms with E-state index in [-0.39, 0.29) is 0 Å². The average Bonchev–Trinajstić information content (AvgIpc) is 2.50. The average molecular weight is 425 g/mol. The summed E-state index contributed by atoms with van der Waals surface area (Å²) in [7, 11) is 0. The van der Waals surface area contributed by atoms with E-state index >= 15 is 0 Å². The van der Waals surface area contributed by atoms with Gasteiger partial charge >= 0.3 is 0 Å². The van der Waals surface area contributed by atoms with Gasteiger partial charge in [-0.25, -0.2) is 9.97 Å². The monoisotopic (exact) mass is 422 g/mol. The second-order valence-corrected chi connectivity index (χ2v) is 6.49. The molecule has 0 bridgehead atoms. The van der Waals surface area contributed by atoms with Gasteiger partial charge in [0.05, 0.1) is 5.69 Å². The molecule has 3 rings (SSSR count). The Morgan fingerprint density at radius 3 is 2.24 bits per heavy atom. The lowest BCUT2D eigenvalue weighted by atomic mass is 10.1. The summed E-state index contributed by atoms with van der Waals surface area (Å²) in [5, 5.41) is 0.429. The highest BCUT2D eigenvalue weighted by Gasteiger charge is 2.09. The molecule has 0 spiro atoms. The summed E-state index contributed by atoms with van der Waals surface area (Å²) in [4.78, 5) is 8.93. The van der Waals surface area contributed by atoms with Gasteiger partial charge in [0, 0.05) is 26.1 Å². The van der Waals surface area contributed by atoms with Crippen LogP contribution in [0.2, 0.25) is 5.15 Å². The normalized spacial score (nSPS) is 10.6. The molecule has 0 radical (unpaired) electrons. The first-order valence-electron chi connectivity index (χ1n) is 6.19. The van der Waals surface area contributed by atoms with Crippen molar-refractivity contribution in [2.75, 3.05) is 0 Å². The lowest BCUT2D eigenvalue weighted by Gasteiger charge is -2.06. The minimum Gasteiger partial charge on any atom is -0.228 e. The Morgan fingerprint density at radius 1 is 0.762 bits per heavy atom. The third-order valence-corrected chi connectivity index (χ3v) is 5.02. The first-order valence-corrected chi connectivity index (χ1v) is 8.15. The number of aromatic nitrogens is 2. The summed E-state index contributed by atoms with van der Waals surface area (Å²) in [6, 6.07) is 17.6. The van der Waals surface area contributed by atoms with Crippen molar-refractivity contribution in [1.29, 1.82) is 0 Å². The molecular weight excluding hydrogens is 415 g/mol. The van der Waals surface area contributed by atoms with Crippen LogP contribution in [-0.2, 0) is 0 Å².